The maximum Gasteiger partial charge on any atom is 0.107 e. The van der Waals surface area contributed by atoms with Crippen LogP contribution < -0.4 is 5.32 Å². The molecule has 2 nitrogen and oxygen atoms in total. The zero-order valence-electron chi connectivity index (χ0n) is 11.9. The molecule has 0 aliphatic rings. The van der Waals surface area contributed by atoms with Crippen molar-refractivity contribution in [3.63, 3.8) is 0 Å². The first-order chi connectivity index (χ1) is 9.13. The Hall–Kier alpha value is -1.19. The SMILES string of the molecule is Cc1cccc(CCC(C)NCc2ncc(C)s2)c1. The molecular weight excluding hydrogens is 252 g/mol. The second-order valence-electron chi connectivity index (χ2n) is 5.17. The standard InChI is InChI=1S/C16H22N2S/c1-12-5-4-6-15(9-12)8-7-13(2)17-11-16-18-10-14(3)19-16/h4-6,9-10,13,17H,7-8,11H2,1-3H3. The molecule has 1 heterocycles. The molecule has 0 fully saturated rings. The second kappa shape index (κ2) is 6.83. The summed E-state index contributed by atoms with van der Waals surface area (Å²) in [7, 11) is 0. The van der Waals surface area contributed by atoms with E-state index in [0.29, 0.717) is 6.04 Å². The molecule has 1 unspecified atom stereocenters. The first-order valence-corrected chi connectivity index (χ1v) is 7.65. The van der Waals surface area contributed by atoms with E-state index in [1.165, 1.54) is 21.0 Å². The summed E-state index contributed by atoms with van der Waals surface area (Å²) in [5, 5.41) is 4.73. The van der Waals surface area contributed by atoms with Gasteiger partial charge in [-0.15, -0.1) is 11.3 Å². The van der Waals surface area contributed by atoms with Crippen molar-refractivity contribution in [3.05, 3.63) is 51.5 Å². The third kappa shape index (κ3) is 4.77. The number of nitrogens with one attached hydrogen (secondary N) is 1. The van der Waals surface area contributed by atoms with Gasteiger partial charge in [-0.1, -0.05) is 29.8 Å². The van der Waals surface area contributed by atoms with Gasteiger partial charge in [0, 0.05) is 23.7 Å². The fraction of sp³-hybridized carbons (Fsp3) is 0.438. The number of hydrogen-bond acceptors (Lipinski definition) is 3. The summed E-state index contributed by atoms with van der Waals surface area (Å²) in [5.41, 5.74) is 2.77. The molecule has 1 aromatic carbocycles. The first kappa shape index (κ1) is 14.2. The fourth-order valence-corrected chi connectivity index (χ4v) is 2.84. The Labute approximate surface area is 119 Å². The number of benzene rings is 1. The Morgan fingerprint density at radius 3 is 2.84 bits per heavy atom. The van der Waals surface area contributed by atoms with Gasteiger partial charge in [-0.25, -0.2) is 4.98 Å². The molecule has 3 heteroatoms. The smallest absolute Gasteiger partial charge is 0.107 e. The van der Waals surface area contributed by atoms with Crippen LogP contribution in [0.15, 0.2) is 30.5 Å². The summed E-state index contributed by atoms with van der Waals surface area (Å²) < 4.78 is 0. The van der Waals surface area contributed by atoms with Crippen molar-refractivity contribution >= 4 is 11.3 Å². The molecule has 0 amide bonds. The molecule has 102 valence electrons. The number of rotatable bonds is 6. The minimum atomic E-state index is 0.518. The van der Waals surface area contributed by atoms with Crippen LogP contribution in [0.25, 0.3) is 0 Å². The molecule has 0 aliphatic heterocycles. The summed E-state index contributed by atoms with van der Waals surface area (Å²) in [5.74, 6) is 0. The van der Waals surface area contributed by atoms with E-state index < -0.39 is 0 Å². The first-order valence-electron chi connectivity index (χ1n) is 6.84. The highest BCUT2D eigenvalue weighted by atomic mass is 32.1. The largest absolute Gasteiger partial charge is 0.308 e. The molecule has 2 rings (SSSR count). The number of hydrogen-bond donors (Lipinski definition) is 1. The second-order valence-corrected chi connectivity index (χ2v) is 6.49. The Bertz CT molecular complexity index is 519. The Morgan fingerprint density at radius 2 is 2.16 bits per heavy atom. The third-order valence-electron chi connectivity index (χ3n) is 3.22. The van der Waals surface area contributed by atoms with E-state index in [1.807, 2.05) is 6.20 Å². The third-order valence-corrected chi connectivity index (χ3v) is 4.13. The Balaban J connectivity index is 1.74. The molecular formula is C16H22N2S. The van der Waals surface area contributed by atoms with E-state index in [1.54, 1.807) is 11.3 Å². The zero-order valence-corrected chi connectivity index (χ0v) is 12.8. The van der Waals surface area contributed by atoms with Gasteiger partial charge in [0.15, 0.2) is 0 Å². The van der Waals surface area contributed by atoms with Crippen LogP contribution in [0.1, 0.15) is 34.4 Å². The van der Waals surface area contributed by atoms with E-state index in [9.17, 15) is 0 Å². The fourth-order valence-electron chi connectivity index (χ4n) is 2.10. The van der Waals surface area contributed by atoms with Crippen LogP contribution in [0, 0.1) is 13.8 Å². The molecule has 0 saturated heterocycles. The van der Waals surface area contributed by atoms with Gasteiger partial charge in [0.25, 0.3) is 0 Å². The van der Waals surface area contributed by atoms with Gasteiger partial charge >= 0.3 is 0 Å². The molecule has 1 N–H and O–H groups in total. The van der Waals surface area contributed by atoms with Crippen LogP contribution in [0.2, 0.25) is 0 Å². The summed E-state index contributed by atoms with van der Waals surface area (Å²) in [6.07, 6.45) is 4.24. The minimum absolute atomic E-state index is 0.518. The average molecular weight is 274 g/mol. The van der Waals surface area contributed by atoms with Crippen LogP contribution in [0.3, 0.4) is 0 Å². The minimum Gasteiger partial charge on any atom is -0.308 e. The van der Waals surface area contributed by atoms with Crippen LogP contribution in [-0.4, -0.2) is 11.0 Å². The lowest BCUT2D eigenvalue weighted by Gasteiger charge is -2.12. The molecule has 2 aromatic rings. The normalized spacial score (nSPS) is 12.6. The van der Waals surface area contributed by atoms with Crippen molar-refractivity contribution in [3.8, 4) is 0 Å². The number of aromatic nitrogens is 1. The van der Waals surface area contributed by atoms with E-state index in [0.717, 1.165) is 19.4 Å². The molecule has 0 saturated carbocycles. The van der Waals surface area contributed by atoms with Crippen molar-refractivity contribution in [2.45, 2.75) is 46.2 Å². The van der Waals surface area contributed by atoms with E-state index in [2.05, 4.69) is 55.3 Å². The summed E-state index contributed by atoms with van der Waals surface area (Å²) in [4.78, 5) is 5.66. The Kier molecular flexibility index (Phi) is 5.11. The monoisotopic (exact) mass is 274 g/mol. The van der Waals surface area contributed by atoms with Crippen molar-refractivity contribution in [1.29, 1.82) is 0 Å². The molecule has 0 bridgehead atoms. The van der Waals surface area contributed by atoms with Crippen LogP contribution in [0.5, 0.6) is 0 Å². The number of thiazole rings is 1. The van der Waals surface area contributed by atoms with E-state index in [4.69, 9.17) is 0 Å². The topological polar surface area (TPSA) is 24.9 Å². The maximum atomic E-state index is 4.37. The van der Waals surface area contributed by atoms with Crippen LogP contribution >= 0.6 is 11.3 Å². The molecule has 1 atom stereocenters. The predicted octanol–water partition coefficient (Wildman–Crippen LogP) is 3.87. The summed E-state index contributed by atoms with van der Waals surface area (Å²) in [6, 6.07) is 9.29. The lowest BCUT2D eigenvalue weighted by atomic mass is 10.0. The highest BCUT2D eigenvalue weighted by Crippen LogP contribution is 2.12. The molecule has 0 aliphatic carbocycles. The lowest BCUT2D eigenvalue weighted by molar-refractivity contribution is 0.513. The van der Waals surface area contributed by atoms with Gasteiger partial charge in [0.2, 0.25) is 0 Å². The van der Waals surface area contributed by atoms with E-state index >= 15 is 0 Å². The van der Waals surface area contributed by atoms with Gasteiger partial charge in [-0.2, -0.15) is 0 Å². The summed E-state index contributed by atoms with van der Waals surface area (Å²) in [6.45, 7) is 7.38. The summed E-state index contributed by atoms with van der Waals surface area (Å²) >= 11 is 1.77. The highest BCUT2D eigenvalue weighted by molar-refractivity contribution is 7.11. The molecule has 0 spiro atoms. The maximum absolute atomic E-state index is 4.37. The molecule has 1 aromatic heterocycles. The van der Waals surface area contributed by atoms with Gasteiger partial charge in [-0.05, 0) is 39.2 Å². The van der Waals surface area contributed by atoms with Gasteiger partial charge in [-0.3, -0.25) is 0 Å². The average Bonchev–Trinajstić information content (AvgIpc) is 2.80. The lowest BCUT2D eigenvalue weighted by Crippen LogP contribution is -2.25. The molecule has 0 radical (unpaired) electrons. The quantitative estimate of drug-likeness (QED) is 0.865. The highest BCUT2D eigenvalue weighted by Gasteiger charge is 2.04. The van der Waals surface area contributed by atoms with Gasteiger partial charge < -0.3 is 5.32 Å². The predicted molar refractivity (Wildman–Crippen MR) is 82.7 cm³/mol. The number of nitrogens with zero attached hydrogens (tertiary/aromatic N) is 1. The van der Waals surface area contributed by atoms with Gasteiger partial charge in [0.05, 0.1) is 0 Å². The van der Waals surface area contributed by atoms with Crippen molar-refractivity contribution in [1.82, 2.24) is 10.3 Å². The van der Waals surface area contributed by atoms with Crippen molar-refractivity contribution in [2.75, 3.05) is 0 Å². The van der Waals surface area contributed by atoms with Crippen molar-refractivity contribution in [2.24, 2.45) is 0 Å². The van der Waals surface area contributed by atoms with Crippen molar-refractivity contribution < 1.29 is 0 Å². The van der Waals surface area contributed by atoms with Gasteiger partial charge in [0.1, 0.15) is 5.01 Å². The molecule has 19 heavy (non-hydrogen) atoms. The van der Waals surface area contributed by atoms with Crippen LogP contribution in [-0.2, 0) is 13.0 Å². The number of aryl methyl sites for hydroxylation is 3. The van der Waals surface area contributed by atoms with E-state index in [-0.39, 0.29) is 0 Å². The Morgan fingerprint density at radius 1 is 1.32 bits per heavy atom. The van der Waals surface area contributed by atoms with Crippen LogP contribution in [0.4, 0.5) is 0 Å². The zero-order chi connectivity index (χ0) is 13.7.